The third-order valence-electron chi connectivity index (χ3n) is 8.48. The number of ether oxygens (including phenoxy) is 2. The molecule has 1 unspecified atom stereocenters. The maximum Gasteiger partial charge on any atom is 0.416 e. The van der Waals surface area contributed by atoms with Gasteiger partial charge in [-0.3, -0.25) is 14.5 Å². The molecule has 224 valence electrons. The van der Waals surface area contributed by atoms with Gasteiger partial charge >= 0.3 is 6.18 Å². The molecule has 7 rings (SSSR count). The molecular weight excluding hydrogens is 563 g/mol. The van der Waals surface area contributed by atoms with Gasteiger partial charge in [-0.1, -0.05) is 6.07 Å². The molecule has 1 saturated heterocycles. The number of fused-ring (bicyclic) bond motifs is 4. The van der Waals surface area contributed by atoms with Crippen LogP contribution in [0.4, 0.5) is 19.0 Å². The lowest BCUT2D eigenvalue weighted by Crippen LogP contribution is -2.48. The van der Waals surface area contributed by atoms with Gasteiger partial charge in [-0.25, -0.2) is 4.98 Å². The van der Waals surface area contributed by atoms with Gasteiger partial charge < -0.3 is 25.4 Å². The monoisotopic (exact) mass is 593 g/mol. The normalized spacial score (nSPS) is 24.2. The van der Waals surface area contributed by atoms with E-state index < -0.39 is 17.6 Å². The molecule has 4 atom stereocenters. The average molecular weight is 594 g/mol. The molecule has 1 saturated carbocycles. The lowest BCUT2D eigenvalue weighted by molar-refractivity contribution is -0.138. The predicted molar refractivity (Wildman–Crippen MR) is 150 cm³/mol. The number of carbonyl (C=O) groups excluding carboxylic acids is 2. The number of pyridine rings is 1. The van der Waals surface area contributed by atoms with Crippen molar-refractivity contribution in [1.82, 2.24) is 20.5 Å². The van der Waals surface area contributed by atoms with Crippen molar-refractivity contribution in [3.8, 4) is 17.2 Å². The van der Waals surface area contributed by atoms with Gasteiger partial charge in [-0.2, -0.15) is 13.2 Å². The van der Waals surface area contributed by atoms with E-state index in [0.717, 1.165) is 23.7 Å². The highest BCUT2D eigenvalue weighted by molar-refractivity contribution is 5.95. The lowest BCUT2D eigenvalue weighted by atomic mass is 10.0. The van der Waals surface area contributed by atoms with E-state index in [1.54, 1.807) is 24.4 Å². The molecule has 2 aromatic carbocycles. The van der Waals surface area contributed by atoms with E-state index in [1.807, 2.05) is 17.9 Å². The number of nitrogens with one attached hydrogen (secondary N) is 3. The Bertz CT molecular complexity index is 1610. The van der Waals surface area contributed by atoms with Gasteiger partial charge in [-0.15, -0.1) is 0 Å². The van der Waals surface area contributed by atoms with Crippen molar-refractivity contribution in [2.75, 3.05) is 25.0 Å². The van der Waals surface area contributed by atoms with Gasteiger partial charge in [0, 0.05) is 61.5 Å². The zero-order valence-electron chi connectivity index (χ0n) is 23.3. The molecule has 1 aliphatic carbocycles. The lowest BCUT2D eigenvalue weighted by Gasteiger charge is -2.32. The van der Waals surface area contributed by atoms with Gasteiger partial charge in [0.15, 0.2) is 0 Å². The number of hydrogen-bond acceptors (Lipinski definition) is 7. The molecule has 0 spiro atoms. The minimum atomic E-state index is -4.58. The highest BCUT2D eigenvalue weighted by Crippen LogP contribution is 2.54. The zero-order valence-corrected chi connectivity index (χ0v) is 23.3. The van der Waals surface area contributed by atoms with Crippen LogP contribution in [0.5, 0.6) is 17.2 Å². The maximum atomic E-state index is 14.0. The van der Waals surface area contributed by atoms with Crippen LogP contribution in [0, 0.1) is 0 Å². The Morgan fingerprint density at radius 1 is 1.19 bits per heavy atom. The van der Waals surface area contributed by atoms with Crippen molar-refractivity contribution in [3.63, 3.8) is 0 Å². The van der Waals surface area contributed by atoms with Crippen molar-refractivity contribution >= 4 is 17.6 Å². The molecule has 2 fully saturated rings. The Morgan fingerprint density at radius 2 is 2.05 bits per heavy atom. The second-order valence-corrected chi connectivity index (χ2v) is 11.6. The Balaban J connectivity index is 1.05. The summed E-state index contributed by atoms with van der Waals surface area (Å²) in [5, 5.41) is 8.92. The van der Waals surface area contributed by atoms with Gasteiger partial charge in [-0.05, 0) is 55.3 Å². The van der Waals surface area contributed by atoms with E-state index in [-0.39, 0.29) is 47.7 Å². The number of amides is 2. The minimum Gasteiger partial charge on any atom is -0.487 e. The van der Waals surface area contributed by atoms with E-state index >= 15 is 0 Å². The first kappa shape index (κ1) is 27.7. The van der Waals surface area contributed by atoms with Crippen LogP contribution in [0.3, 0.4) is 0 Å². The fourth-order valence-electron chi connectivity index (χ4n) is 6.31. The van der Waals surface area contributed by atoms with Crippen molar-refractivity contribution in [2.45, 2.75) is 56.6 Å². The number of anilines is 1. The highest BCUT2D eigenvalue weighted by Gasteiger charge is 2.59. The van der Waals surface area contributed by atoms with Crippen molar-refractivity contribution < 1.29 is 32.2 Å². The largest absolute Gasteiger partial charge is 0.487 e. The van der Waals surface area contributed by atoms with Crippen molar-refractivity contribution in [2.24, 2.45) is 0 Å². The molecule has 2 amide bonds. The Labute approximate surface area is 245 Å². The third kappa shape index (κ3) is 5.40. The number of nitrogens with zero attached hydrogens (tertiary/aromatic N) is 2. The van der Waals surface area contributed by atoms with E-state index in [9.17, 15) is 22.8 Å². The first-order chi connectivity index (χ1) is 20.6. The summed E-state index contributed by atoms with van der Waals surface area (Å²) in [4.78, 5) is 31.1. The van der Waals surface area contributed by atoms with Gasteiger partial charge in [0.1, 0.15) is 29.2 Å². The number of aromatic nitrogens is 1. The fraction of sp³-hybridized carbons (Fsp3) is 0.387. The summed E-state index contributed by atoms with van der Waals surface area (Å²) in [5.41, 5.74) is 1.01. The number of rotatable bonds is 6. The van der Waals surface area contributed by atoms with Crippen LogP contribution in [0.25, 0.3) is 0 Å². The second kappa shape index (κ2) is 10.5. The summed E-state index contributed by atoms with van der Waals surface area (Å²) >= 11 is 0. The number of carbonyl (C=O) groups is 2. The molecule has 43 heavy (non-hydrogen) atoms. The SMILES string of the molecule is C[C@@H]1CN(Cc2ccc(C(=O)NC3[C@H]4Oc5ccc(Oc6ccnc7c6CCC(=O)N7)cc5[C@@H]34)cc2C(F)(F)F)CCN1. The Kier molecular flexibility index (Phi) is 6.77. The molecular formula is C31H30F3N5O4. The average Bonchev–Trinajstić information content (AvgIpc) is 3.48. The number of hydrogen-bond donors (Lipinski definition) is 3. The summed E-state index contributed by atoms with van der Waals surface area (Å²) in [6, 6.07) is 10.8. The summed E-state index contributed by atoms with van der Waals surface area (Å²) in [5.74, 6) is 1.53. The smallest absolute Gasteiger partial charge is 0.416 e. The third-order valence-corrected chi connectivity index (χ3v) is 8.48. The van der Waals surface area contributed by atoms with Crippen LogP contribution in [0.1, 0.15) is 51.9 Å². The van der Waals surface area contributed by atoms with Crippen molar-refractivity contribution in [1.29, 1.82) is 0 Å². The topological polar surface area (TPSA) is 105 Å². The molecule has 4 aliphatic rings. The zero-order chi connectivity index (χ0) is 29.9. The van der Waals surface area contributed by atoms with E-state index in [1.165, 1.54) is 12.1 Å². The van der Waals surface area contributed by atoms with Crippen molar-refractivity contribution in [3.05, 3.63) is 76.5 Å². The molecule has 3 N–H and O–H groups in total. The van der Waals surface area contributed by atoms with Gasteiger partial charge in [0.05, 0.1) is 17.5 Å². The number of piperazine rings is 1. The number of alkyl halides is 3. The first-order valence-corrected chi connectivity index (χ1v) is 14.4. The molecule has 12 heteroatoms. The molecule has 1 aromatic heterocycles. The molecule has 9 nitrogen and oxygen atoms in total. The first-order valence-electron chi connectivity index (χ1n) is 14.4. The maximum absolute atomic E-state index is 14.0. The summed E-state index contributed by atoms with van der Waals surface area (Å²) in [6.45, 7) is 4.20. The van der Waals surface area contributed by atoms with E-state index in [2.05, 4.69) is 20.9 Å². The minimum absolute atomic E-state index is 0.0402. The van der Waals surface area contributed by atoms with E-state index in [4.69, 9.17) is 9.47 Å². The standard InChI is InChI=1S/C31H30F3N5O4/c1-16-14-39(11-10-35-16)15-18-3-2-17(12-22(18)31(32,33)34)30(41)38-27-26-21-13-19(4-6-23(21)43-28(26)27)42-24-8-9-36-29-20(24)5-7-25(40)37-29/h2-4,6,8-9,12-13,16,26-28,35H,5,7,10-11,14-15H2,1H3,(H,38,41)(H,36,37,40)/t16-,26+,27?,28+/m1/s1. The highest BCUT2D eigenvalue weighted by atomic mass is 19.4. The molecule has 4 heterocycles. The van der Waals surface area contributed by atoms with Crippen LogP contribution in [-0.4, -0.2) is 59.5 Å². The summed E-state index contributed by atoms with van der Waals surface area (Å²) in [6.07, 6.45) is -2.45. The van der Waals surface area contributed by atoms with Crippen LogP contribution in [0.15, 0.2) is 48.7 Å². The Morgan fingerprint density at radius 3 is 2.86 bits per heavy atom. The Hall–Kier alpha value is -4.16. The van der Waals surface area contributed by atoms with Gasteiger partial charge in [0.2, 0.25) is 5.91 Å². The van der Waals surface area contributed by atoms with Crippen LogP contribution in [-0.2, 0) is 23.9 Å². The number of benzene rings is 2. The number of halogens is 3. The molecule has 3 aliphatic heterocycles. The molecule has 0 bridgehead atoms. The van der Waals surface area contributed by atoms with Crippen LogP contribution < -0.4 is 25.4 Å². The molecule has 3 aromatic rings. The summed E-state index contributed by atoms with van der Waals surface area (Å²) in [7, 11) is 0. The van der Waals surface area contributed by atoms with Crippen LogP contribution >= 0.6 is 0 Å². The van der Waals surface area contributed by atoms with Crippen LogP contribution in [0.2, 0.25) is 0 Å². The van der Waals surface area contributed by atoms with Gasteiger partial charge in [0.25, 0.3) is 5.91 Å². The summed E-state index contributed by atoms with van der Waals surface area (Å²) < 4.78 is 54.3. The molecule has 0 radical (unpaired) electrons. The quantitative estimate of drug-likeness (QED) is 0.393. The second-order valence-electron chi connectivity index (χ2n) is 11.6. The predicted octanol–water partition coefficient (Wildman–Crippen LogP) is 4.23. The fourth-order valence-corrected chi connectivity index (χ4v) is 6.31. The van der Waals surface area contributed by atoms with E-state index in [0.29, 0.717) is 49.0 Å².